The van der Waals surface area contributed by atoms with Crippen molar-refractivity contribution in [3.63, 3.8) is 0 Å². The van der Waals surface area contributed by atoms with Gasteiger partial charge in [-0.15, -0.1) is 0 Å². The first-order chi connectivity index (χ1) is 7.99. The Morgan fingerprint density at radius 1 is 0.941 bits per heavy atom. The zero-order chi connectivity index (χ0) is 12.6. The first-order valence-corrected chi connectivity index (χ1v) is 5.59. The molecule has 88 valence electrons. The predicted octanol–water partition coefficient (Wildman–Crippen LogP) is 4.99. The molecule has 2 rings (SSSR count). The Bertz CT molecular complexity index is 587. The SMILES string of the molecule is Fc1ccc(-c2cc(Cl)cc(Cl)c2Cl)c(F)n1. The summed E-state index contributed by atoms with van der Waals surface area (Å²) in [5.41, 5.74) is 0.315. The molecule has 0 amide bonds. The van der Waals surface area contributed by atoms with E-state index in [-0.39, 0.29) is 21.2 Å². The molecule has 0 aliphatic rings. The van der Waals surface area contributed by atoms with Crippen molar-refractivity contribution in [1.29, 1.82) is 0 Å². The normalized spacial score (nSPS) is 10.6. The Kier molecular flexibility index (Phi) is 3.52. The summed E-state index contributed by atoms with van der Waals surface area (Å²) in [6.07, 6.45) is 0. The minimum Gasteiger partial charge on any atom is -0.190 e. The van der Waals surface area contributed by atoms with Crippen molar-refractivity contribution in [2.24, 2.45) is 0 Å². The van der Waals surface area contributed by atoms with Crippen LogP contribution in [0.5, 0.6) is 0 Å². The molecular weight excluding hydrogens is 290 g/mol. The maximum Gasteiger partial charge on any atom is 0.223 e. The van der Waals surface area contributed by atoms with Gasteiger partial charge >= 0.3 is 0 Å². The number of hydrogen-bond donors (Lipinski definition) is 0. The van der Waals surface area contributed by atoms with Gasteiger partial charge in [0.05, 0.1) is 10.0 Å². The van der Waals surface area contributed by atoms with Crippen LogP contribution in [0.25, 0.3) is 11.1 Å². The predicted molar refractivity (Wildman–Crippen MR) is 64.6 cm³/mol. The fraction of sp³-hybridized carbons (Fsp3) is 0. The van der Waals surface area contributed by atoms with Gasteiger partial charge in [-0.3, -0.25) is 0 Å². The van der Waals surface area contributed by atoms with E-state index < -0.39 is 11.9 Å². The van der Waals surface area contributed by atoms with Crippen LogP contribution in [-0.2, 0) is 0 Å². The summed E-state index contributed by atoms with van der Waals surface area (Å²) in [5, 5.41) is 0.638. The van der Waals surface area contributed by atoms with Crippen molar-refractivity contribution >= 4 is 34.8 Å². The number of rotatable bonds is 1. The third-order valence-corrected chi connectivity index (χ3v) is 3.12. The zero-order valence-electron chi connectivity index (χ0n) is 8.15. The summed E-state index contributed by atoms with van der Waals surface area (Å²) >= 11 is 17.5. The average molecular weight is 295 g/mol. The number of benzene rings is 1. The molecule has 1 nitrogen and oxygen atoms in total. The number of pyridine rings is 1. The van der Waals surface area contributed by atoms with Crippen molar-refractivity contribution in [3.05, 3.63) is 51.2 Å². The first kappa shape index (κ1) is 12.6. The lowest BCUT2D eigenvalue weighted by atomic mass is 10.1. The molecule has 0 atom stereocenters. The van der Waals surface area contributed by atoms with E-state index in [0.29, 0.717) is 5.02 Å². The Labute approximate surface area is 111 Å². The quantitative estimate of drug-likeness (QED) is 0.533. The van der Waals surface area contributed by atoms with Crippen LogP contribution < -0.4 is 0 Å². The molecule has 0 aliphatic heterocycles. The smallest absolute Gasteiger partial charge is 0.190 e. The van der Waals surface area contributed by atoms with Crippen LogP contribution in [0.2, 0.25) is 15.1 Å². The van der Waals surface area contributed by atoms with E-state index in [0.717, 1.165) is 6.07 Å². The van der Waals surface area contributed by atoms with Gasteiger partial charge in [-0.25, -0.2) is 0 Å². The molecule has 17 heavy (non-hydrogen) atoms. The Morgan fingerprint density at radius 3 is 2.29 bits per heavy atom. The molecular formula is C11H4Cl3F2N. The molecule has 0 aliphatic carbocycles. The molecule has 1 aromatic heterocycles. The van der Waals surface area contributed by atoms with E-state index in [9.17, 15) is 8.78 Å². The van der Waals surface area contributed by atoms with Gasteiger partial charge in [0.15, 0.2) is 0 Å². The monoisotopic (exact) mass is 293 g/mol. The van der Waals surface area contributed by atoms with Gasteiger partial charge < -0.3 is 0 Å². The lowest BCUT2D eigenvalue weighted by Crippen LogP contribution is -1.93. The Morgan fingerprint density at radius 2 is 1.65 bits per heavy atom. The van der Waals surface area contributed by atoms with Crippen molar-refractivity contribution in [2.75, 3.05) is 0 Å². The van der Waals surface area contributed by atoms with Crippen LogP contribution in [0.3, 0.4) is 0 Å². The van der Waals surface area contributed by atoms with Crippen LogP contribution in [0.4, 0.5) is 8.78 Å². The molecule has 0 N–H and O–H groups in total. The van der Waals surface area contributed by atoms with Gasteiger partial charge in [0, 0.05) is 16.1 Å². The topological polar surface area (TPSA) is 12.9 Å². The Hall–Kier alpha value is -0.900. The highest BCUT2D eigenvalue weighted by Gasteiger charge is 2.14. The van der Waals surface area contributed by atoms with E-state index in [1.54, 1.807) is 0 Å². The van der Waals surface area contributed by atoms with Gasteiger partial charge in [0.1, 0.15) is 0 Å². The van der Waals surface area contributed by atoms with Gasteiger partial charge in [-0.1, -0.05) is 34.8 Å². The summed E-state index contributed by atoms with van der Waals surface area (Å²) in [7, 11) is 0. The molecule has 1 aromatic carbocycles. The minimum atomic E-state index is -0.967. The van der Waals surface area contributed by atoms with Crippen molar-refractivity contribution < 1.29 is 8.78 Å². The third kappa shape index (κ3) is 2.51. The standard InChI is InChI=1S/C11H4Cl3F2N/c12-5-3-7(10(14)8(13)4-5)6-1-2-9(15)17-11(6)16/h1-4H. The third-order valence-electron chi connectivity index (χ3n) is 2.10. The zero-order valence-corrected chi connectivity index (χ0v) is 10.4. The molecule has 0 spiro atoms. The van der Waals surface area contributed by atoms with E-state index in [4.69, 9.17) is 34.8 Å². The Balaban J connectivity index is 2.68. The number of aromatic nitrogens is 1. The number of nitrogens with zero attached hydrogens (tertiary/aromatic N) is 1. The summed E-state index contributed by atoms with van der Waals surface area (Å²) < 4.78 is 26.2. The highest BCUT2D eigenvalue weighted by molar-refractivity contribution is 6.45. The molecule has 0 saturated heterocycles. The minimum absolute atomic E-state index is 0.0424. The fourth-order valence-corrected chi connectivity index (χ4v) is 2.07. The second-order valence-electron chi connectivity index (χ2n) is 3.22. The lowest BCUT2D eigenvalue weighted by molar-refractivity contribution is 0.515. The van der Waals surface area contributed by atoms with Crippen LogP contribution in [0.15, 0.2) is 24.3 Å². The molecule has 0 bridgehead atoms. The molecule has 0 saturated carbocycles. The summed E-state index contributed by atoms with van der Waals surface area (Å²) in [6.45, 7) is 0. The highest BCUT2D eigenvalue weighted by atomic mass is 35.5. The number of hydrogen-bond acceptors (Lipinski definition) is 1. The molecule has 0 fully saturated rings. The molecule has 0 radical (unpaired) electrons. The second-order valence-corrected chi connectivity index (χ2v) is 4.44. The van der Waals surface area contributed by atoms with Crippen molar-refractivity contribution in [2.45, 2.75) is 0 Å². The molecule has 0 unspecified atom stereocenters. The van der Waals surface area contributed by atoms with Crippen molar-refractivity contribution in [3.8, 4) is 11.1 Å². The molecule has 1 heterocycles. The first-order valence-electron chi connectivity index (χ1n) is 4.46. The average Bonchev–Trinajstić information content (AvgIpc) is 2.24. The van der Waals surface area contributed by atoms with Crippen LogP contribution >= 0.6 is 34.8 Å². The largest absolute Gasteiger partial charge is 0.223 e. The fourth-order valence-electron chi connectivity index (χ4n) is 1.37. The van der Waals surface area contributed by atoms with E-state index in [1.165, 1.54) is 18.2 Å². The van der Waals surface area contributed by atoms with Gasteiger partial charge in [0.2, 0.25) is 11.9 Å². The van der Waals surface area contributed by atoms with Crippen LogP contribution in [0, 0.1) is 11.9 Å². The van der Waals surface area contributed by atoms with Crippen LogP contribution in [-0.4, -0.2) is 4.98 Å². The van der Waals surface area contributed by atoms with Crippen molar-refractivity contribution in [1.82, 2.24) is 4.98 Å². The van der Waals surface area contributed by atoms with E-state index in [2.05, 4.69) is 4.98 Å². The maximum absolute atomic E-state index is 13.5. The lowest BCUT2D eigenvalue weighted by Gasteiger charge is -2.07. The van der Waals surface area contributed by atoms with E-state index >= 15 is 0 Å². The van der Waals surface area contributed by atoms with Gasteiger partial charge in [-0.05, 0) is 24.3 Å². The van der Waals surface area contributed by atoms with E-state index in [1.807, 2.05) is 0 Å². The van der Waals surface area contributed by atoms with Crippen LogP contribution in [0.1, 0.15) is 0 Å². The molecule has 2 aromatic rings. The molecule has 6 heteroatoms. The second kappa shape index (κ2) is 4.77. The highest BCUT2D eigenvalue weighted by Crippen LogP contribution is 2.37. The number of halogens is 5. The van der Waals surface area contributed by atoms with Gasteiger partial charge in [-0.2, -0.15) is 13.8 Å². The summed E-state index contributed by atoms with van der Waals surface area (Å²) in [5.74, 6) is -1.87. The van der Waals surface area contributed by atoms with Gasteiger partial charge in [0.25, 0.3) is 0 Å². The summed E-state index contributed by atoms with van der Waals surface area (Å²) in [6, 6.07) is 5.13. The maximum atomic E-state index is 13.5. The summed E-state index contributed by atoms with van der Waals surface area (Å²) in [4.78, 5) is 3.07.